The smallest absolute Gasteiger partial charge is 0.225 e. The number of carbonyl (C=O) groups is 1. The van der Waals surface area contributed by atoms with Crippen molar-refractivity contribution in [1.82, 2.24) is 4.90 Å². The van der Waals surface area contributed by atoms with E-state index >= 15 is 0 Å². The van der Waals surface area contributed by atoms with Crippen molar-refractivity contribution in [3.05, 3.63) is 0 Å². The molecule has 102 valence electrons. The number of nitrogens with two attached hydrogens (primary N) is 1. The fourth-order valence-electron chi connectivity index (χ4n) is 2.37. The van der Waals surface area contributed by atoms with E-state index in [1.807, 2.05) is 4.90 Å². The van der Waals surface area contributed by atoms with Crippen molar-refractivity contribution < 1.29 is 9.53 Å². The Morgan fingerprint density at radius 1 is 1.53 bits per heavy atom. The van der Waals surface area contributed by atoms with Crippen LogP contribution in [0.1, 0.15) is 33.1 Å². The molecule has 1 heterocycles. The van der Waals surface area contributed by atoms with E-state index in [0.717, 1.165) is 19.4 Å². The zero-order chi connectivity index (χ0) is 12.1. The van der Waals surface area contributed by atoms with E-state index in [4.69, 9.17) is 10.5 Å². The maximum atomic E-state index is 12.1. The molecular weight excluding hydrogens is 240 g/mol. The van der Waals surface area contributed by atoms with Crippen molar-refractivity contribution in [2.75, 3.05) is 20.2 Å². The molecule has 1 fully saturated rings. The average Bonchev–Trinajstić information content (AvgIpc) is 2.74. The minimum atomic E-state index is -0.138. The van der Waals surface area contributed by atoms with E-state index < -0.39 is 0 Å². The lowest BCUT2D eigenvalue weighted by Crippen LogP contribution is -2.41. The molecule has 0 spiro atoms. The highest BCUT2D eigenvalue weighted by atomic mass is 35.5. The molecule has 1 aliphatic rings. The van der Waals surface area contributed by atoms with Crippen LogP contribution in [0.25, 0.3) is 0 Å². The summed E-state index contributed by atoms with van der Waals surface area (Å²) >= 11 is 0. The molecule has 0 saturated carbocycles. The van der Waals surface area contributed by atoms with Crippen LogP contribution in [0.4, 0.5) is 0 Å². The number of halogens is 1. The molecule has 2 N–H and O–H groups in total. The van der Waals surface area contributed by atoms with Crippen molar-refractivity contribution in [2.45, 2.75) is 45.3 Å². The molecule has 2 atom stereocenters. The topological polar surface area (TPSA) is 55.6 Å². The normalized spacial score (nSPS) is 21.5. The molecule has 1 saturated heterocycles. The van der Waals surface area contributed by atoms with Gasteiger partial charge in [-0.15, -0.1) is 12.4 Å². The molecule has 0 bridgehead atoms. The number of hydrogen-bond donors (Lipinski definition) is 1. The summed E-state index contributed by atoms with van der Waals surface area (Å²) in [4.78, 5) is 14.1. The van der Waals surface area contributed by atoms with Gasteiger partial charge in [0.2, 0.25) is 5.91 Å². The highest BCUT2D eigenvalue weighted by molar-refractivity contribution is 5.85. The van der Waals surface area contributed by atoms with Crippen LogP contribution in [0.2, 0.25) is 0 Å². The minimum absolute atomic E-state index is 0. The second kappa shape index (κ2) is 7.90. The SMILES string of the molecule is COC(CN)CC(=O)N1CCCC1C(C)C.Cl. The summed E-state index contributed by atoms with van der Waals surface area (Å²) in [6.45, 7) is 5.64. The van der Waals surface area contributed by atoms with Crippen molar-refractivity contribution in [1.29, 1.82) is 0 Å². The Balaban J connectivity index is 0.00000256. The first-order valence-electron chi connectivity index (χ1n) is 6.12. The Labute approximate surface area is 110 Å². The van der Waals surface area contributed by atoms with Gasteiger partial charge in [0.1, 0.15) is 0 Å². The Morgan fingerprint density at radius 3 is 2.65 bits per heavy atom. The number of ether oxygens (including phenoxy) is 1. The van der Waals surface area contributed by atoms with Gasteiger partial charge >= 0.3 is 0 Å². The highest BCUT2D eigenvalue weighted by Crippen LogP contribution is 2.24. The zero-order valence-electron chi connectivity index (χ0n) is 11.0. The molecule has 0 radical (unpaired) electrons. The zero-order valence-corrected chi connectivity index (χ0v) is 11.8. The summed E-state index contributed by atoms with van der Waals surface area (Å²) in [5, 5.41) is 0. The maximum Gasteiger partial charge on any atom is 0.225 e. The maximum absolute atomic E-state index is 12.1. The van der Waals surface area contributed by atoms with E-state index in [2.05, 4.69) is 13.8 Å². The molecule has 0 aromatic heterocycles. The number of hydrogen-bond acceptors (Lipinski definition) is 3. The third-order valence-corrected chi connectivity index (χ3v) is 3.39. The predicted octanol–water partition coefficient (Wildman–Crippen LogP) is 1.42. The van der Waals surface area contributed by atoms with E-state index in [-0.39, 0.29) is 24.4 Å². The minimum Gasteiger partial charge on any atom is -0.380 e. The third-order valence-electron chi connectivity index (χ3n) is 3.39. The standard InChI is InChI=1S/C12H24N2O2.ClH/c1-9(2)11-5-4-6-14(11)12(15)7-10(8-13)16-3;/h9-11H,4-8,13H2,1-3H3;1H. The summed E-state index contributed by atoms with van der Waals surface area (Å²) in [5.74, 6) is 0.721. The molecule has 1 amide bonds. The van der Waals surface area contributed by atoms with E-state index in [9.17, 15) is 4.79 Å². The molecule has 5 heteroatoms. The van der Waals surface area contributed by atoms with Crippen molar-refractivity contribution in [3.63, 3.8) is 0 Å². The second-order valence-corrected chi connectivity index (χ2v) is 4.84. The molecule has 0 aromatic carbocycles. The molecule has 2 unspecified atom stereocenters. The summed E-state index contributed by atoms with van der Waals surface area (Å²) in [5.41, 5.74) is 5.53. The van der Waals surface area contributed by atoms with Gasteiger partial charge in [0, 0.05) is 26.2 Å². The van der Waals surface area contributed by atoms with Crippen LogP contribution in [-0.4, -0.2) is 43.2 Å². The lowest BCUT2D eigenvalue weighted by molar-refractivity contribution is -0.135. The first-order valence-corrected chi connectivity index (χ1v) is 6.12. The Kier molecular flexibility index (Phi) is 7.75. The molecule has 1 rings (SSSR count). The largest absolute Gasteiger partial charge is 0.380 e. The number of methoxy groups -OCH3 is 1. The first kappa shape index (κ1) is 16.7. The molecule has 17 heavy (non-hydrogen) atoms. The number of rotatable bonds is 5. The number of carbonyl (C=O) groups excluding carboxylic acids is 1. The van der Waals surface area contributed by atoms with Crippen molar-refractivity contribution in [3.8, 4) is 0 Å². The van der Waals surface area contributed by atoms with Gasteiger partial charge in [0.15, 0.2) is 0 Å². The third kappa shape index (κ3) is 4.45. The average molecular weight is 265 g/mol. The van der Waals surface area contributed by atoms with Crippen LogP contribution in [-0.2, 0) is 9.53 Å². The van der Waals surface area contributed by atoms with Gasteiger partial charge in [-0.3, -0.25) is 4.79 Å². The molecular formula is C12H25ClN2O2. The van der Waals surface area contributed by atoms with E-state index in [0.29, 0.717) is 24.9 Å². The predicted molar refractivity (Wildman–Crippen MR) is 71.3 cm³/mol. The van der Waals surface area contributed by atoms with Crippen molar-refractivity contribution in [2.24, 2.45) is 11.7 Å². The summed E-state index contributed by atoms with van der Waals surface area (Å²) in [7, 11) is 1.61. The lowest BCUT2D eigenvalue weighted by atomic mass is 10.0. The molecule has 0 aromatic rings. The fraction of sp³-hybridized carbons (Fsp3) is 0.917. The number of likely N-dealkylation sites (tertiary alicyclic amines) is 1. The first-order chi connectivity index (χ1) is 7.60. The van der Waals surface area contributed by atoms with Gasteiger partial charge in [-0.1, -0.05) is 13.8 Å². The van der Waals surface area contributed by atoms with Crippen LogP contribution < -0.4 is 5.73 Å². The van der Waals surface area contributed by atoms with Gasteiger partial charge < -0.3 is 15.4 Å². The van der Waals surface area contributed by atoms with Gasteiger partial charge in [0.25, 0.3) is 0 Å². The van der Waals surface area contributed by atoms with Crippen LogP contribution >= 0.6 is 12.4 Å². The van der Waals surface area contributed by atoms with Crippen LogP contribution in [0.5, 0.6) is 0 Å². The van der Waals surface area contributed by atoms with Gasteiger partial charge in [-0.05, 0) is 18.8 Å². The second-order valence-electron chi connectivity index (χ2n) is 4.84. The Morgan fingerprint density at radius 2 is 2.18 bits per heavy atom. The van der Waals surface area contributed by atoms with Gasteiger partial charge in [-0.2, -0.15) is 0 Å². The summed E-state index contributed by atoms with van der Waals surface area (Å²) in [6, 6.07) is 0.405. The Hall–Kier alpha value is -0.320. The molecule has 0 aliphatic carbocycles. The highest BCUT2D eigenvalue weighted by Gasteiger charge is 2.31. The van der Waals surface area contributed by atoms with Gasteiger partial charge in [-0.25, -0.2) is 0 Å². The van der Waals surface area contributed by atoms with E-state index in [1.54, 1.807) is 7.11 Å². The monoisotopic (exact) mass is 264 g/mol. The fourth-order valence-corrected chi connectivity index (χ4v) is 2.37. The van der Waals surface area contributed by atoms with Crippen LogP contribution in [0, 0.1) is 5.92 Å². The molecule has 4 nitrogen and oxygen atoms in total. The van der Waals surface area contributed by atoms with Crippen molar-refractivity contribution >= 4 is 18.3 Å². The molecule has 1 aliphatic heterocycles. The number of nitrogens with zero attached hydrogens (tertiary/aromatic N) is 1. The Bertz CT molecular complexity index is 233. The van der Waals surface area contributed by atoms with E-state index in [1.165, 1.54) is 0 Å². The summed E-state index contributed by atoms with van der Waals surface area (Å²) < 4.78 is 5.15. The lowest BCUT2D eigenvalue weighted by Gasteiger charge is -2.28. The van der Waals surface area contributed by atoms with Crippen LogP contribution in [0.3, 0.4) is 0 Å². The number of amides is 1. The van der Waals surface area contributed by atoms with Gasteiger partial charge in [0.05, 0.1) is 12.5 Å². The van der Waals surface area contributed by atoms with Crippen LogP contribution in [0.15, 0.2) is 0 Å². The quantitative estimate of drug-likeness (QED) is 0.817. The summed E-state index contributed by atoms with van der Waals surface area (Å²) in [6.07, 6.45) is 2.52.